The molecule has 92 valence electrons. The van der Waals surface area contributed by atoms with E-state index in [0.29, 0.717) is 29.0 Å². The fourth-order valence-electron chi connectivity index (χ4n) is 1.83. The Kier molecular flexibility index (Phi) is 2.68. The zero-order chi connectivity index (χ0) is 12.6. The molecule has 0 fully saturated rings. The molecular formula is C10H10F3N3O. The second kappa shape index (κ2) is 3.90. The molecule has 0 bridgehead atoms. The van der Waals surface area contributed by atoms with E-state index in [-0.39, 0.29) is 12.4 Å². The summed E-state index contributed by atoms with van der Waals surface area (Å²) in [7, 11) is 0. The van der Waals surface area contributed by atoms with Gasteiger partial charge in [0, 0.05) is 6.54 Å². The normalized spacial score (nSPS) is 15.6. The van der Waals surface area contributed by atoms with Crippen LogP contribution in [0.3, 0.4) is 0 Å². The Morgan fingerprint density at radius 1 is 1.47 bits per heavy atom. The Bertz CT molecular complexity index is 459. The first kappa shape index (κ1) is 11.7. The molecule has 1 amide bonds. The third-order valence-electron chi connectivity index (χ3n) is 2.54. The molecule has 1 aromatic heterocycles. The minimum atomic E-state index is -4.88. The summed E-state index contributed by atoms with van der Waals surface area (Å²) < 4.78 is 37.1. The van der Waals surface area contributed by atoms with E-state index < -0.39 is 12.1 Å². The average Bonchev–Trinajstić information content (AvgIpc) is 2.25. The van der Waals surface area contributed by atoms with Crippen molar-refractivity contribution in [1.82, 2.24) is 4.98 Å². The van der Waals surface area contributed by atoms with E-state index in [1.807, 2.05) is 0 Å². The summed E-state index contributed by atoms with van der Waals surface area (Å²) in [5.74, 6) is -1.82. The van der Waals surface area contributed by atoms with Crippen LogP contribution in [0, 0.1) is 0 Å². The number of hydrogen-bond acceptors (Lipinski definition) is 3. The molecule has 0 spiro atoms. The molecular weight excluding hydrogens is 235 g/mol. The minimum absolute atomic E-state index is 0.0300. The highest BCUT2D eigenvalue weighted by Gasteiger charge is 2.44. The highest BCUT2D eigenvalue weighted by atomic mass is 19.4. The van der Waals surface area contributed by atoms with Crippen molar-refractivity contribution < 1.29 is 18.0 Å². The van der Waals surface area contributed by atoms with Gasteiger partial charge in [0.15, 0.2) is 0 Å². The van der Waals surface area contributed by atoms with Gasteiger partial charge in [0.05, 0.1) is 11.9 Å². The number of pyridine rings is 1. The maximum absolute atomic E-state index is 12.4. The van der Waals surface area contributed by atoms with Gasteiger partial charge in [0.1, 0.15) is 5.82 Å². The zero-order valence-electron chi connectivity index (χ0n) is 8.79. The van der Waals surface area contributed by atoms with Crippen molar-refractivity contribution in [2.75, 3.05) is 17.2 Å². The van der Waals surface area contributed by atoms with Crippen LogP contribution in [0.4, 0.5) is 24.7 Å². The standard InChI is InChI=1S/C10H10F3N3O/c11-10(12,13)9(17)16-3-1-2-6-4-7(14)5-15-8(6)16/h4-5H,1-3,14H2. The van der Waals surface area contributed by atoms with Gasteiger partial charge >= 0.3 is 12.1 Å². The number of rotatable bonds is 0. The largest absolute Gasteiger partial charge is 0.471 e. The lowest BCUT2D eigenvalue weighted by atomic mass is 10.1. The van der Waals surface area contributed by atoms with Crippen LogP contribution in [0.1, 0.15) is 12.0 Å². The van der Waals surface area contributed by atoms with Crippen LogP contribution in [0.5, 0.6) is 0 Å². The number of carbonyl (C=O) groups excluding carboxylic acids is 1. The lowest BCUT2D eigenvalue weighted by Crippen LogP contribution is -2.44. The lowest BCUT2D eigenvalue weighted by Gasteiger charge is -2.28. The molecule has 0 saturated carbocycles. The smallest absolute Gasteiger partial charge is 0.397 e. The first-order valence-corrected chi connectivity index (χ1v) is 5.02. The van der Waals surface area contributed by atoms with Crippen LogP contribution < -0.4 is 10.6 Å². The SMILES string of the molecule is Nc1cnc2c(c1)CCCN2C(=O)C(F)(F)F. The molecule has 1 aromatic rings. The van der Waals surface area contributed by atoms with Gasteiger partial charge in [-0.3, -0.25) is 9.69 Å². The van der Waals surface area contributed by atoms with Crippen molar-refractivity contribution >= 4 is 17.4 Å². The van der Waals surface area contributed by atoms with Gasteiger partial charge in [-0.15, -0.1) is 0 Å². The van der Waals surface area contributed by atoms with E-state index in [1.165, 1.54) is 6.20 Å². The molecule has 2 heterocycles. The molecule has 1 aliphatic heterocycles. The van der Waals surface area contributed by atoms with Gasteiger partial charge in [-0.25, -0.2) is 4.98 Å². The van der Waals surface area contributed by atoms with Gasteiger partial charge in [-0.05, 0) is 24.5 Å². The highest BCUT2D eigenvalue weighted by molar-refractivity contribution is 5.97. The summed E-state index contributed by atoms with van der Waals surface area (Å²) >= 11 is 0. The Hall–Kier alpha value is -1.79. The van der Waals surface area contributed by atoms with Crippen molar-refractivity contribution in [2.24, 2.45) is 0 Å². The third kappa shape index (κ3) is 2.17. The molecule has 7 heteroatoms. The Morgan fingerprint density at radius 2 is 2.18 bits per heavy atom. The van der Waals surface area contributed by atoms with Crippen molar-refractivity contribution in [3.63, 3.8) is 0 Å². The van der Waals surface area contributed by atoms with Gasteiger partial charge in [-0.2, -0.15) is 13.2 Å². The van der Waals surface area contributed by atoms with Crippen LogP contribution in [0.25, 0.3) is 0 Å². The number of aromatic nitrogens is 1. The van der Waals surface area contributed by atoms with E-state index >= 15 is 0 Å². The van der Waals surface area contributed by atoms with Crippen LogP contribution in [0.15, 0.2) is 12.3 Å². The van der Waals surface area contributed by atoms with E-state index in [4.69, 9.17) is 5.73 Å². The monoisotopic (exact) mass is 245 g/mol. The van der Waals surface area contributed by atoms with Gasteiger partial charge < -0.3 is 5.73 Å². The Morgan fingerprint density at radius 3 is 2.82 bits per heavy atom. The van der Waals surface area contributed by atoms with E-state index in [0.717, 1.165) is 0 Å². The van der Waals surface area contributed by atoms with Crippen molar-refractivity contribution in [2.45, 2.75) is 19.0 Å². The molecule has 2 rings (SSSR count). The van der Waals surface area contributed by atoms with E-state index in [2.05, 4.69) is 4.98 Å². The quantitative estimate of drug-likeness (QED) is 0.753. The number of halogens is 3. The predicted molar refractivity (Wildman–Crippen MR) is 55.4 cm³/mol. The van der Waals surface area contributed by atoms with Crippen LogP contribution in [-0.2, 0) is 11.2 Å². The molecule has 0 aliphatic carbocycles. The van der Waals surface area contributed by atoms with Crippen LogP contribution in [0.2, 0.25) is 0 Å². The van der Waals surface area contributed by atoms with Gasteiger partial charge in [-0.1, -0.05) is 0 Å². The molecule has 0 saturated heterocycles. The summed E-state index contributed by atoms with van der Waals surface area (Å²) in [6.07, 6.45) is -2.58. The van der Waals surface area contributed by atoms with Crippen LogP contribution in [-0.4, -0.2) is 23.6 Å². The number of carbonyl (C=O) groups is 1. The maximum atomic E-state index is 12.4. The zero-order valence-corrected chi connectivity index (χ0v) is 8.79. The number of nitrogen functional groups attached to an aromatic ring is 1. The van der Waals surface area contributed by atoms with Crippen molar-refractivity contribution in [3.05, 3.63) is 17.8 Å². The molecule has 0 aromatic carbocycles. The molecule has 0 atom stereocenters. The molecule has 0 unspecified atom stereocenters. The number of amides is 1. The van der Waals surface area contributed by atoms with Gasteiger partial charge in [0.25, 0.3) is 0 Å². The Labute approximate surface area is 95.2 Å². The molecule has 2 N–H and O–H groups in total. The number of fused-ring (bicyclic) bond motifs is 1. The van der Waals surface area contributed by atoms with Crippen molar-refractivity contribution in [3.8, 4) is 0 Å². The number of anilines is 2. The van der Waals surface area contributed by atoms with E-state index in [1.54, 1.807) is 6.07 Å². The van der Waals surface area contributed by atoms with Gasteiger partial charge in [0.2, 0.25) is 0 Å². The summed E-state index contributed by atoms with van der Waals surface area (Å²) in [6.45, 7) is 0.0300. The fraction of sp³-hybridized carbons (Fsp3) is 0.400. The summed E-state index contributed by atoms with van der Waals surface area (Å²) in [5.41, 5.74) is 6.46. The topological polar surface area (TPSA) is 59.2 Å². The summed E-state index contributed by atoms with van der Waals surface area (Å²) in [4.78, 5) is 15.7. The number of hydrogen-bond donors (Lipinski definition) is 1. The number of aryl methyl sites for hydroxylation is 1. The predicted octanol–water partition coefficient (Wildman–Crippen LogP) is 1.51. The fourth-order valence-corrected chi connectivity index (χ4v) is 1.83. The van der Waals surface area contributed by atoms with Crippen molar-refractivity contribution in [1.29, 1.82) is 0 Å². The summed E-state index contributed by atoms with van der Waals surface area (Å²) in [5, 5.41) is 0. The third-order valence-corrected chi connectivity index (χ3v) is 2.54. The maximum Gasteiger partial charge on any atom is 0.471 e. The molecule has 4 nitrogen and oxygen atoms in total. The molecule has 1 aliphatic rings. The summed E-state index contributed by atoms with van der Waals surface area (Å²) in [6, 6.07) is 1.55. The first-order chi connectivity index (χ1) is 7.89. The number of nitrogens with two attached hydrogens (primary N) is 1. The second-order valence-electron chi connectivity index (χ2n) is 3.81. The molecule has 0 radical (unpaired) electrons. The first-order valence-electron chi connectivity index (χ1n) is 5.02. The van der Waals surface area contributed by atoms with Crippen LogP contribution >= 0.6 is 0 Å². The Balaban J connectivity index is 2.39. The second-order valence-corrected chi connectivity index (χ2v) is 3.81. The highest BCUT2D eigenvalue weighted by Crippen LogP contribution is 2.30. The average molecular weight is 245 g/mol. The lowest BCUT2D eigenvalue weighted by molar-refractivity contribution is -0.170. The number of nitrogens with zero attached hydrogens (tertiary/aromatic N) is 2. The molecule has 17 heavy (non-hydrogen) atoms. The van der Waals surface area contributed by atoms with E-state index in [9.17, 15) is 18.0 Å². The number of alkyl halides is 3. The minimum Gasteiger partial charge on any atom is -0.397 e.